The van der Waals surface area contributed by atoms with Crippen LogP contribution in [-0.2, 0) is 11.0 Å². The van der Waals surface area contributed by atoms with Gasteiger partial charge in [0, 0.05) is 81.0 Å². The quantitative estimate of drug-likeness (QED) is 0.535. The maximum Gasteiger partial charge on any atom is 0.417 e. The summed E-state index contributed by atoms with van der Waals surface area (Å²) in [4.78, 5) is 24.8. The zero-order valence-electron chi connectivity index (χ0n) is 19.2. The van der Waals surface area contributed by atoms with Crippen LogP contribution in [0.25, 0.3) is 0 Å². The van der Waals surface area contributed by atoms with E-state index in [0.29, 0.717) is 37.0 Å². The van der Waals surface area contributed by atoms with Crippen LogP contribution in [0.4, 0.5) is 24.7 Å². The molecule has 0 saturated carbocycles. The Bertz CT molecular complexity index is 1080. The number of allylic oxidation sites excluding steroid dienone is 1. The molecular formula is C24H26Cl2F3N5O. The minimum Gasteiger partial charge on any atom is -0.371 e. The van der Waals surface area contributed by atoms with Gasteiger partial charge in [-0.15, -0.1) is 0 Å². The predicted octanol–water partition coefficient (Wildman–Crippen LogP) is 4.78. The molecule has 188 valence electrons. The molecule has 0 N–H and O–H groups in total. The van der Waals surface area contributed by atoms with Gasteiger partial charge in [0.2, 0.25) is 5.91 Å². The third-order valence-electron chi connectivity index (χ3n) is 6.34. The number of halogens is 5. The minimum absolute atomic E-state index is 0.0481. The van der Waals surface area contributed by atoms with Gasteiger partial charge in [-0.3, -0.25) is 4.79 Å². The molecule has 0 bridgehead atoms. The van der Waals surface area contributed by atoms with Crippen molar-refractivity contribution in [3.63, 3.8) is 0 Å². The Balaban J connectivity index is 1.29. The van der Waals surface area contributed by atoms with Crippen molar-refractivity contribution in [2.75, 3.05) is 62.2 Å². The molecule has 4 rings (SSSR count). The molecule has 11 heteroatoms. The van der Waals surface area contributed by atoms with E-state index in [4.69, 9.17) is 23.2 Å². The van der Waals surface area contributed by atoms with Gasteiger partial charge < -0.3 is 19.6 Å². The average molecular weight is 528 g/mol. The lowest BCUT2D eigenvalue weighted by molar-refractivity contribution is -0.137. The van der Waals surface area contributed by atoms with Crippen molar-refractivity contribution in [1.82, 2.24) is 14.8 Å². The Morgan fingerprint density at radius 2 is 1.49 bits per heavy atom. The summed E-state index contributed by atoms with van der Waals surface area (Å²) in [5.41, 5.74) is 1.17. The van der Waals surface area contributed by atoms with Crippen LogP contribution in [0.2, 0.25) is 10.0 Å². The second kappa shape index (κ2) is 10.5. The van der Waals surface area contributed by atoms with Gasteiger partial charge in [0.1, 0.15) is 5.82 Å². The number of piperazine rings is 2. The fraction of sp³-hybridized carbons (Fsp3) is 0.417. The number of carbonyl (C=O) groups is 1. The molecule has 0 atom stereocenters. The average Bonchev–Trinajstić information content (AvgIpc) is 2.84. The summed E-state index contributed by atoms with van der Waals surface area (Å²) >= 11 is 12.0. The lowest BCUT2D eigenvalue weighted by atomic mass is 10.2. The maximum atomic E-state index is 12.9. The molecule has 2 aliphatic heterocycles. The molecule has 2 fully saturated rings. The first-order valence-corrected chi connectivity index (χ1v) is 12.1. The number of carbonyl (C=O) groups excluding carboxylic acids is 1. The highest BCUT2D eigenvalue weighted by atomic mass is 35.5. The summed E-state index contributed by atoms with van der Waals surface area (Å²) in [5, 5.41) is 0.664. The highest BCUT2D eigenvalue weighted by Crippen LogP contribution is 2.33. The van der Waals surface area contributed by atoms with Gasteiger partial charge in [0.15, 0.2) is 0 Å². The second-order valence-electron chi connectivity index (χ2n) is 8.58. The molecule has 0 spiro atoms. The molecule has 6 nitrogen and oxygen atoms in total. The molecule has 2 saturated heterocycles. The van der Waals surface area contributed by atoms with Crippen molar-refractivity contribution in [1.29, 1.82) is 0 Å². The first kappa shape index (κ1) is 25.4. The van der Waals surface area contributed by atoms with Gasteiger partial charge in [0.25, 0.3) is 0 Å². The Morgan fingerprint density at radius 3 is 2.06 bits per heavy atom. The van der Waals surface area contributed by atoms with Gasteiger partial charge >= 0.3 is 6.18 Å². The third kappa shape index (κ3) is 6.13. The zero-order chi connectivity index (χ0) is 25.2. The van der Waals surface area contributed by atoms with Crippen molar-refractivity contribution in [3.8, 4) is 0 Å². The Kier molecular flexibility index (Phi) is 7.66. The summed E-state index contributed by atoms with van der Waals surface area (Å²) in [6.07, 6.45) is -2.04. The number of alkyl halides is 3. The van der Waals surface area contributed by atoms with E-state index in [1.807, 2.05) is 31.2 Å². The van der Waals surface area contributed by atoms with Crippen LogP contribution in [0.1, 0.15) is 12.5 Å². The predicted molar refractivity (Wildman–Crippen MR) is 132 cm³/mol. The Labute approximate surface area is 212 Å². The number of amides is 1. The molecule has 1 aromatic heterocycles. The number of hydrogen-bond donors (Lipinski definition) is 0. The van der Waals surface area contributed by atoms with E-state index in [0.717, 1.165) is 49.8 Å². The largest absolute Gasteiger partial charge is 0.417 e. The van der Waals surface area contributed by atoms with Gasteiger partial charge in [-0.25, -0.2) is 4.98 Å². The molecule has 1 amide bonds. The number of benzene rings is 1. The monoisotopic (exact) mass is 527 g/mol. The van der Waals surface area contributed by atoms with Crippen molar-refractivity contribution in [2.45, 2.75) is 13.1 Å². The van der Waals surface area contributed by atoms with E-state index in [-0.39, 0.29) is 10.9 Å². The molecule has 2 aromatic rings. The number of aromatic nitrogens is 1. The van der Waals surface area contributed by atoms with Crippen LogP contribution in [0, 0.1) is 0 Å². The van der Waals surface area contributed by atoms with Gasteiger partial charge in [-0.1, -0.05) is 23.2 Å². The van der Waals surface area contributed by atoms with Gasteiger partial charge in [-0.2, -0.15) is 13.2 Å². The second-order valence-corrected chi connectivity index (χ2v) is 9.42. The number of hydrogen-bond acceptors (Lipinski definition) is 5. The first-order chi connectivity index (χ1) is 16.6. The van der Waals surface area contributed by atoms with Crippen LogP contribution in [-0.4, -0.2) is 73.0 Å². The van der Waals surface area contributed by atoms with E-state index in [1.165, 1.54) is 0 Å². The third-order valence-corrected chi connectivity index (χ3v) is 6.87. The van der Waals surface area contributed by atoms with Crippen molar-refractivity contribution < 1.29 is 18.0 Å². The fourth-order valence-electron chi connectivity index (χ4n) is 4.29. The first-order valence-electron chi connectivity index (χ1n) is 11.3. The minimum atomic E-state index is -4.49. The molecule has 0 aliphatic carbocycles. The highest BCUT2D eigenvalue weighted by Gasteiger charge is 2.32. The molecule has 3 heterocycles. The van der Waals surface area contributed by atoms with E-state index >= 15 is 0 Å². The van der Waals surface area contributed by atoms with Crippen LogP contribution in [0.5, 0.6) is 0 Å². The van der Waals surface area contributed by atoms with E-state index in [1.54, 1.807) is 15.9 Å². The fourth-order valence-corrected chi connectivity index (χ4v) is 4.70. The summed E-state index contributed by atoms with van der Waals surface area (Å²) < 4.78 is 38.6. The zero-order valence-corrected chi connectivity index (χ0v) is 20.7. The van der Waals surface area contributed by atoms with Crippen LogP contribution in [0.15, 0.2) is 48.3 Å². The topological polar surface area (TPSA) is 42.9 Å². The lowest BCUT2D eigenvalue weighted by Gasteiger charge is -2.38. The summed E-state index contributed by atoms with van der Waals surface area (Å²) in [6.45, 7) is 7.01. The normalized spacial score (nSPS) is 17.7. The van der Waals surface area contributed by atoms with Crippen molar-refractivity contribution in [2.24, 2.45) is 0 Å². The smallest absolute Gasteiger partial charge is 0.371 e. The van der Waals surface area contributed by atoms with Crippen LogP contribution in [0.3, 0.4) is 0 Å². The SMILES string of the molecule is C/C(=C/C(=O)N1CCN(c2ncc(C(F)(F)F)cc2Cl)CC1)N1CCN(c2ccc(Cl)cc2)CC1. The molecule has 35 heavy (non-hydrogen) atoms. The highest BCUT2D eigenvalue weighted by molar-refractivity contribution is 6.33. The number of rotatable bonds is 4. The molecule has 2 aliphatic rings. The molecular weight excluding hydrogens is 502 g/mol. The van der Waals surface area contributed by atoms with Gasteiger partial charge in [0.05, 0.1) is 10.6 Å². The summed E-state index contributed by atoms with van der Waals surface area (Å²) in [7, 11) is 0. The summed E-state index contributed by atoms with van der Waals surface area (Å²) in [5.74, 6) is 0.228. The van der Waals surface area contributed by atoms with Crippen molar-refractivity contribution in [3.05, 3.63) is 63.9 Å². The van der Waals surface area contributed by atoms with Crippen LogP contribution < -0.4 is 9.80 Å². The number of nitrogens with zero attached hydrogens (tertiary/aromatic N) is 5. The molecule has 0 unspecified atom stereocenters. The maximum absolute atomic E-state index is 12.9. The number of anilines is 2. The summed E-state index contributed by atoms with van der Waals surface area (Å²) in [6, 6.07) is 8.68. The van der Waals surface area contributed by atoms with Crippen molar-refractivity contribution >= 4 is 40.6 Å². The van der Waals surface area contributed by atoms with Gasteiger partial charge in [-0.05, 0) is 37.3 Å². The Morgan fingerprint density at radius 1 is 0.914 bits per heavy atom. The standard InChI is InChI=1S/C24H26Cl2F3N5O/c1-17(31-6-8-32(9-7-31)20-4-2-19(25)3-5-20)14-22(35)33-10-12-34(13-11-33)23-21(26)15-18(16-30-23)24(27,28)29/h2-5,14-16H,6-13H2,1H3/b17-14-. The van der Waals surface area contributed by atoms with E-state index < -0.39 is 11.7 Å². The lowest BCUT2D eigenvalue weighted by Crippen LogP contribution is -2.49. The van der Waals surface area contributed by atoms with E-state index in [9.17, 15) is 18.0 Å². The molecule has 0 radical (unpaired) electrons. The Hall–Kier alpha value is -2.65. The number of pyridine rings is 1. The van der Waals surface area contributed by atoms with Crippen LogP contribution >= 0.6 is 23.2 Å². The molecule has 1 aromatic carbocycles. The van der Waals surface area contributed by atoms with E-state index in [2.05, 4.69) is 14.8 Å².